The third-order valence-corrected chi connectivity index (χ3v) is 5.05. The summed E-state index contributed by atoms with van der Waals surface area (Å²) in [5.41, 5.74) is 5.38. The number of unbranched alkanes of at least 4 members (excludes halogenated alkanes) is 3. The van der Waals surface area contributed by atoms with Gasteiger partial charge in [-0.2, -0.15) is 0 Å². The number of nitrogens with two attached hydrogens (primary N) is 1. The van der Waals surface area contributed by atoms with Gasteiger partial charge in [0.15, 0.2) is 0 Å². The van der Waals surface area contributed by atoms with Crippen molar-refractivity contribution < 1.29 is 19.1 Å². The van der Waals surface area contributed by atoms with Crippen LogP contribution in [-0.2, 0) is 9.47 Å². The van der Waals surface area contributed by atoms with Gasteiger partial charge in [-0.1, -0.05) is 19.3 Å². The largest absolute Gasteiger partial charge is 0.373 e. The van der Waals surface area contributed by atoms with E-state index in [2.05, 4.69) is 19.2 Å². The van der Waals surface area contributed by atoms with E-state index in [0.29, 0.717) is 30.9 Å². The maximum absolute atomic E-state index is 12.2. The average molecular weight is 441 g/mol. The lowest BCUT2D eigenvalue weighted by molar-refractivity contribution is -0.121. The van der Waals surface area contributed by atoms with Crippen molar-refractivity contribution >= 4 is 23.4 Å². The second-order valence-corrected chi connectivity index (χ2v) is 9.09. The second kappa shape index (κ2) is 12.9. The van der Waals surface area contributed by atoms with Crippen LogP contribution in [0.2, 0.25) is 0 Å². The van der Waals surface area contributed by atoms with E-state index in [9.17, 15) is 9.59 Å². The SMILES string of the molecule is CC(C)(CCCCCCCl)OCC(C)(C)OCCNC(=O)c1ccc(C(N)=O)cc1. The number of benzene rings is 1. The number of primary amides is 1. The molecule has 0 bridgehead atoms. The molecule has 0 spiro atoms. The number of carbonyl (C=O) groups excluding carboxylic acids is 2. The molecule has 0 aliphatic rings. The molecule has 6 nitrogen and oxygen atoms in total. The summed E-state index contributed by atoms with van der Waals surface area (Å²) >= 11 is 5.71. The first-order valence-electron chi connectivity index (χ1n) is 10.6. The molecule has 1 aromatic carbocycles. The number of rotatable bonds is 15. The maximum Gasteiger partial charge on any atom is 0.251 e. The van der Waals surface area contributed by atoms with E-state index >= 15 is 0 Å². The van der Waals surface area contributed by atoms with Crippen molar-refractivity contribution in [2.75, 3.05) is 25.6 Å². The third-order valence-electron chi connectivity index (χ3n) is 4.79. The zero-order valence-corrected chi connectivity index (χ0v) is 19.5. The first kappa shape index (κ1) is 26.4. The van der Waals surface area contributed by atoms with Crippen molar-refractivity contribution in [3.8, 4) is 0 Å². The zero-order valence-electron chi connectivity index (χ0n) is 18.8. The molecule has 0 fully saturated rings. The van der Waals surface area contributed by atoms with Crippen LogP contribution in [0.1, 0.15) is 80.5 Å². The minimum Gasteiger partial charge on any atom is -0.373 e. The fourth-order valence-electron chi connectivity index (χ4n) is 2.86. The highest BCUT2D eigenvalue weighted by Gasteiger charge is 2.25. The molecule has 7 heteroatoms. The summed E-state index contributed by atoms with van der Waals surface area (Å²) < 4.78 is 12.0. The number of hydrogen-bond acceptors (Lipinski definition) is 4. The molecular weight excluding hydrogens is 404 g/mol. The van der Waals surface area contributed by atoms with Gasteiger partial charge in [-0.25, -0.2) is 0 Å². The van der Waals surface area contributed by atoms with Gasteiger partial charge in [0.05, 0.1) is 24.4 Å². The second-order valence-electron chi connectivity index (χ2n) is 8.71. The Balaban J connectivity index is 2.28. The summed E-state index contributed by atoms with van der Waals surface area (Å²) in [5, 5.41) is 2.81. The summed E-state index contributed by atoms with van der Waals surface area (Å²) in [6, 6.07) is 6.22. The lowest BCUT2D eigenvalue weighted by Crippen LogP contribution is -2.38. The minimum atomic E-state index is -0.519. The molecular formula is C23H37ClN2O4. The molecule has 170 valence electrons. The van der Waals surface area contributed by atoms with E-state index < -0.39 is 11.5 Å². The van der Waals surface area contributed by atoms with Crippen LogP contribution in [0, 0.1) is 0 Å². The third kappa shape index (κ3) is 11.0. The van der Waals surface area contributed by atoms with Crippen molar-refractivity contribution in [3.05, 3.63) is 35.4 Å². The number of carbonyl (C=O) groups is 2. The van der Waals surface area contributed by atoms with Crippen molar-refractivity contribution in [2.45, 2.75) is 71.0 Å². The Morgan fingerprint density at radius 3 is 2.13 bits per heavy atom. The molecule has 0 saturated carbocycles. The topological polar surface area (TPSA) is 90.7 Å². The van der Waals surface area contributed by atoms with Crippen LogP contribution in [0.15, 0.2) is 24.3 Å². The maximum atomic E-state index is 12.2. The molecule has 3 N–H and O–H groups in total. The lowest BCUT2D eigenvalue weighted by atomic mass is 9.99. The predicted molar refractivity (Wildman–Crippen MR) is 121 cm³/mol. The Morgan fingerprint density at radius 2 is 1.53 bits per heavy atom. The van der Waals surface area contributed by atoms with E-state index in [1.165, 1.54) is 18.6 Å². The smallest absolute Gasteiger partial charge is 0.251 e. The molecule has 0 aromatic heterocycles. The molecule has 2 amide bonds. The van der Waals surface area contributed by atoms with Gasteiger partial charge < -0.3 is 20.5 Å². The molecule has 0 heterocycles. The van der Waals surface area contributed by atoms with Crippen LogP contribution >= 0.6 is 11.6 Å². The minimum absolute atomic E-state index is 0.202. The number of hydrogen-bond donors (Lipinski definition) is 2. The Morgan fingerprint density at radius 1 is 0.933 bits per heavy atom. The number of alkyl halides is 1. The highest BCUT2D eigenvalue weighted by atomic mass is 35.5. The monoisotopic (exact) mass is 440 g/mol. The molecule has 0 unspecified atom stereocenters. The predicted octanol–water partition coefficient (Wildman–Crippen LogP) is 4.30. The molecule has 1 rings (SSSR count). The van der Waals surface area contributed by atoms with Gasteiger partial charge in [-0.05, 0) is 64.8 Å². The summed E-state index contributed by atoms with van der Waals surface area (Å²) in [6.45, 7) is 9.40. The van der Waals surface area contributed by atoms with Crippen LogP contribution in [0.4, 0.5) is 0 Å². The Kier molecular flexibility index (Phi) is 11.4. The summed E-state index contributed by atoms with van der Waals surface area (Å²) in [7, 11) is 0. The number of amides is 2. The highest BCUT2D eigenvalue weighted by Crippen LogP contribution is 2.22. The molecule has 0 aliphatic heterocycles. The number of nitrogens with one attached hydrogen (secondary N) is 1. The van der Waals surface area contributed by atoms with Crippen molar-refractivity contribution in [2.24, 2.45) is 5.73 Å². The number of ether oxygens (including phenoxy) is 2. The van der Waals surface area contributed by atoms with E-state index in [1.54, 1.807) is 12.1 Å². The lowest BCUT2D eigenvalue weighted by Gasteiger charge is -2.32. The van der Waals surface area contributed by atoms with Gasteiger partial charge in [-0.15, -0.1) is 11.6 Å². The van der Waals surface area contributed by atoms with Gasteiger partial charge in [-0.3, -0.25) is 9.59 Å². The van der Waals surface area contributed by atoms with E-state index in [-0.39, 0.29) is 11.5 Å². The first-order chi connectivity index (χ1) is 14.1. The van der Waals surface area contributed by atoms with E-state index in [4.69, 9.17) is 26.8 Å². The van der Waals surface area contributed by atoms with Crippen molar-refractivity contribution in [3.63, 3.8) is 0 Å². The van der Waals surface area contributed by atoms with Crippen LogP contribution in [-0.4, -0.2) is 48.7 Å². The zero-order chi connectivity index (χ0) is 22.6. The van der Waals surface area contributed by atoms with Gasteiger partial charge in [0, 0.05) is 23.6 Å². The van der Waals surface area contributed by atoms with Gasteiger partial charge in [0.2, 0.25) is 5.91 Å². The molecule has 0 saturated heterocycles. The Hall–Kier alpha value is -1.63. The molecule has 0 atom stereocenters. The molecule has 1 aromatic rings. The van der Waals surface area contributed by atoms with Crippen LogP contribution in [0.25, 0.3) is 0 Å². The Bertz CT molecular complexity index is 660. The van der Waals surface area contributed by atoms with Gasteiger partial charge in [0.1, 0.15) is 0 Å². The summed E-state index contributed by atoms with van der Waals surface area (Å²) in [6.07, 6.45) is 5.52. The van der Waals surface area contributed by atoms with Gasteiger partial charge in [0.25, 0.3) is 5.91 Å². The van der Waals surface area contributed by atoms with E-state index in [1.807, 2.05) is 13.8 Å². The highest BCUT2D eigenvalue weighted by molar-refractivity contribution is 6.17. The van der Waals surface area contributed by atoms with Crippen LogP contribution < -0.4 is 11.1 Å². The van der Waals surface area contributed by atoms with Gasteiger partial charge >= 0.3 is 0 Å². The summed E-state index contributed by atoms with van der Waals surface area (Å²) in [4.78, 5) is 23.2. The first-order valence-corrected chi connectivity index (χ1v) is 11.1. The molecule has 30 heavy (non-hydrogen) atoms. The summed E-state index contributed by atoms with van der Waals surface area (Å²) in [5.74, 6) is -0.0127. The van der Waals surface area contributed by atoms with Crippen LogP contribution in [0.5, 0.6) is 0 Å². The fraction of sp³-hybridized carbons (Fsp3) is 0.652. The van der Waals surface area contributed by atoms with Crippen molar-refractivity contribution in [1.82, 2.24) is 5.32 Å². The Labute approximate surface area is 185 Å². The molecule has 0 aliphatic carbocycles. The normalized spacial score (nSPS) is 12.0. The van der Waals surface area contributed by atoms with E-state index in [0.717, 1.165) is 31.6 Å². The molecule has 0 radical (unpaired) electrons. The number of halogens is 1. The van der Waals surface area contributed by atoms with Crippen LogP contribution in [0.3, 0.4) is 0 Å². The fourth-order valence-corrected chi connectivity index (χ4v) is 3.05. The quantitative estimate of drug-likeness (QED) is 0.314. The average Bonchev–Trinajstić information content (AvgIpc) is 2.69. The standard InChI is InChI=1S/C23H37ClN2O4/c1-22(2,13-7-5-6-8-14-24)30-17-23(3,4)29-16-15-26-21(28)19-11-9-18(10-12-19)20(25)27/h9-12H,5-8,13-17H2,1-4H3,(H2,25,27)(H,26,28). The van der Waals surface area contributed by atoms with Crippen molar-refractivity contribution in [1.29, 1.82) is 0 Å².